The number of nitrogens with one attached hydrogen (secondary N) is 1. The molecule has 0 radical (unpaired) electrons. The number of amides is 1. The molecule has 2 aromatic rings. The first-order valence-electron chi connectivity index (χ1n) is 7.85. The van der Waals surface area contributed by atoms with Gasteiger partial charge in [-0.2, -0.15) is 15.2 Å². The lowest BCUT2D eigenvalue weighted by atomic mass is 10.0. The van der Waals surface area contributed by atoms with E-state index in [-0.39, 0.29) is 18.0 Å². The summed E-state index contributed by atoms with van der Waals surface area (Å²) < 4.78 is 1.65. The molecule has 124 valence electrons. The molecule has 0 atom stereocenters. The zero-order valence-electron chi connectivity index (χ0n) is 13.8. The van der Waals surface area contributed by atoms with Gasteiger partial charge in [-0.3, -0.25) is 4.79 Å². The number of carbonyl (C=O) groups is 1. The van der Waals surface area contributed by atoms with E-state index in [1.165, 1.54) is 0 Å². The Morgan fingerprint density at radius 1 is 1.33 bits per heavy atom. The summed E-state index contributed by atoms with van der Waals surface area (Å²) in [5, 5.41) is 15.3. The van der Waals surface area contributed by atoms with Gasteiger partial charge in [0.05, 0.1) is 6.42 Å². The van der Waals surface area contributed by atoms with Crippen LogP contribution in [-0.2, 0) is 11.2 Å². The van der Waals surface area contributed by atoms with Gasteiger partial charge in [0.15, 0.2) is 11.5 Å². The minimum atomic E-state index is -0.375. The van der Waals surface area contributed by atoms with Gasteiger partial charge >= 0.3 is 0 Å². The van der Waals surface area contributed by atoms with Gasteiger partial charge in [0.2, 0.25) is 5.91 Å². The molecule has 0 bridgehead atoms. The second-order valence-corrected chi connectivity index (χ2v) is 5.94. The number of nitrogens with zero attached hydrogens (tertiary/aromatic N) is 6. The molecule has 24 heavy (non-hydrogen) atoms. The molecule has 1 N–H and O–H groups in total. The van der Waals surface area contributed by atoms with E-state index in [1.54, 1.807) is 4.52 Å². The lowest BCUT2D eigenvalue weighted by Crippen LogP contribution is -2.29. The molecule has 0 spiro atoms. The first kappa shape index (κ1) is 16.1. The highest BCUT2D eigenvalue weighted by atomic mass is 16.1. The summed E-state index contributed by atoms with van der Waals surface area (Å²) in [6.45, 7) is 4.33. The molecule has 0 unspecified atom stereocenters. The monoisotopic (exact) mass is 325 g/mol. The number of aryl methyl sites for hydroxylation is 2. The van der Waals surface area contributed by atoms with E-state index in [4.69, 9.17) is 6.42 Å². The summed E-state index contributed by atoms with van der Waals surface area (Å²) in [6.07, 6.45) is 7.41. The predicted octanol–water partition coefficient (Wildman–Crippen LogP) is 1.37. The molecule has 8 nitrogen and oxygen atoms in total. The van der Waals surface area contributed by atoms with Crippen molar-refractivity contribution in [3.63, 3.8) is 0 Å². The number of fused-ring (bicyclic) bond motifs is 1. The quantitative estimate of drug-likeness (QED) is 0.777. The highest BCUT2D eigenvalue weighted by Crippen LogP contribution is 2.35. The zero-order valence-corrected chi connectivity index (χ0v) is 13.8. The third kappa shape index (κ3) is 3.56. The summed E-state index contributed by atoms with van der Waals surface area (Å²) in [5.74, 6) is 3.42. The van der Waals surface area contributed by atoms with E-state index in [1.807, 2.05) is 19.9 Å². The zero-order chi connectivity index (χ0) is 17.2. The van der Waals surface area contributed by atoms with Gasteiger partial charge in [-0.1, -0.05) is 0 Å². The van der Waals surface area contributed by atoms with Crippen molar-refractivity contribution in [2.24, 2.45) is 10.2 Å². The highest BCUT2D eigenvalue weighted by molar-refractivity contribution is 5.77. The Morgan fingerprint density at radius 3 is 2.83 bits per heavy atom. The van der Waals surface area contributed by atoms with E-state index >= 15 is 0 Å². The second kappa shape index (κ2) is 6.35. The van der Waals surface area contributed by atoms with Crippen LogP contribution in [0, 0.1) is 26.2 Å². The van der Waals surface area contributed by atoms with Crippen molar-refractivity contribution in [1.82, 2.24) is 24.9 Å². The molecule has 0 aromatic carbocycles. The van der Waals surface area contributed by atoms with Crippen molar-refractivity contribution in [3.8, 4) is 12.3 Å². The van der Waals surface area contributed by atoms with E-state index in [9.17, 15) is 4.79 Å². The van der Waals surface area contributed by atoms with Crippen LogP contribution in [0.5, 0.6) is 0 Å². The van der Waals surface area contributed by atoms with Gasteiger partial charge in [-0.05, 0) is 19.9 Å². The minimum absolute atomic E-state index is 0.119. The van der Waals surface area contributed by atoms with Crippen LogP contribution in [0.15, 0.2) is 16.3 Å². The van der Waals surface area contributed by atoms with Crippen LogP contribution in [0.4, 0.5) is 0 Å². The van der Waals surface area contributed by atoms with E-state index in [0.717, 1.165) is 17.8 Å². The molecule has 0 saturated carbocycles. The van der Waals surface area contributed by atoms with Gasteiger partial charge < -0.3 is 5.32 Å². The Morgan fingerprint density at radius 2 is 2.12 bits per heavy atom. The van der Waals surface area contributed by atoms with Crippen LogP contribution >= 0.6 is 0 Å². The fraction of sp³-hybridized carbons (Fsp3) is 0.500. The van der Waals surface area contributed by atoms with Crippen molar-refractivity contribution in [3.05, 3.63) is 23.3 Å². The lowest BCUT2D eigenvalue weighted by molar-refractivity contribution is -0.120. The first-order valence-corrected chi connectivity index (χ1v) is 7.85. The summed E-state index contributed by atoms with van der Waals surface area (Å²) >= 11 is 0. The van der Waals surface area contributed by atoms with Crippen LogP contribution in [-0.4, -0.2) is 37.7 Å². The summed E-state index contributed by atoms with van der Waals surface area (Å²) in [5.41, 5.74) is 1.43. The standard InChI is InChI=1S/C16H19N7O/c1-4-5-6-16(21-22-16)7-8-17-14(24)10-13-19-15-18-11(2)9-12(3)23(15)20-13/h1,9H,5-8,10H2,2-3H3,(H,17,24). The molecule has 2 aromatic heterocycles. The van der Waals surface area contributed by atoms with Crippen LogP contribution < -0.4 is 5.32 Å². The maximum absolute atomic E-state index is 12.0. The van der Waals surface area contributed by atoms with Gasteiger partial charge in [0.1, 0.15) is 0 Å². The van der Waals surface area contributed by atoms with E-state index in [2.05, 4.69) is 36.5 Å². The average molecular weight is 325 g/mol. The summed E-state index contributed by atoms with van der Waals surface area (Å²) in [6, 6.07) is 1.92. The number of rotatable bonds is 7. The smallest absolute Gasteiger partial charge is 0.252 e. The summed E-state index contributed by atoms with van der Waals surface area (Å²) in [7, 11) is 0. The molecular formula is C16H19N7O. The number of hydrogen-bond donors (Lipinski definition) is 1. The molecule has 1 amide bonds. The van der Waals surface area contributed by atoms with Gasteiger partial charge in [0, 0.05) is 37.2 Å². The number of aromatic nitrogens is 4. The third-order valence-corrected chi connectivity index (χ3v) is 3.88. The molecule has 0 saturated heterocycles. The molecule has 3 rings (SSSR count). The molecular weight excluding hydrogens is 306 g/mol. The number of carbonyl (C=O) groups excluding carboxylic acids is 1. The Bertz CT molecular complexity index is 840. The number of terminal acetylenes is 1. The van der Waals surface area contributed by atoms with Crippen LogP contribution in [0.3, 0.4) is 0 Å². The van der Waals surface area contributed by atoms with Crippen LogP contribution in [0.2, 0.25) is 0 Å². The second-order valence-electron chi connectivity index (χ2n) is 5.94. The Hall–Kier alpha value is -2.82. The van der Waals surface area contributed by atoms with Crippen molar-refractivity contribution in [2.45, 2.75) is 45.2 Å². The Labute approximate surface area is 139 Å². The van der Waals surface area contributed by atoms with Crippen molar-refractivity contribution < 1.29 is 4.79 Å². The fourth-order valence-corrected chi connectivity index (χ4v) is 2.56. The average Bonchev–Trinajstić information content (AvgIpc) is 3.17. The maximum Gasteiger partial charge on any atom is 0.252 e. The fourth-order valence-electron chi connectivity index (χ4n) is 2.56. The molecule has 3 heterocycles. The lowest BCUT2D eigenvalue weighted by Gasteiger charge is -2.09. The van der Waals surface area contributed by atoms with Gasteiger partial charge in [-0.25, -0.2) is 9.50 Å². The molecule has 0 aliphatic carbocycles. The molecule has 1 aliphatic rings. The number of hydrogen-bond acceptors (Lipinski definition) is 6. The van der Waals surface area contributed by atoms with Crippen molar-refractivity contribution >= 4 is 11.7 Å². The SMILES string of the molecule is C#CCCC1(CCNC(=O)Cc2nc3nc(C)cc(C)n3n2)N=N1. The van der Waals surface area contributed by atoms with Crippen LogP contribution in [0.1, 0.15) is 36.5 Å². The third-order valence-electron chi connectivity index (χ3n) is 3.88. The topological polar surface area (TPSA) is 96.9 Å². The normalized spacial score (nSPS) is 14.5. The Kier molecular flexibility index (Phi) is 4.25. The minimum Gasteiger partial charge on any atom is -0.356 e. The van der Waals surface area contributed by atoms with Crippen LogP contribution in [0.25, 0.3) is 5.78 Å². The summed E-state index contributed by atoms with van der Waals surface area (Å²) in [4.78, 5) is 20.7. The van der Waals surface area contributed by atoms with Gasteiger partial charge in [-0.15, -0.1) is 17.4 Å². The first-order chi connectivity index (χ1) is 11.5. The Balaban J connectivity index is 1.52. The predicted molar refractivity (Wildman–Crippen MR) is 87.2 cm³/mol. The molecule has 8 heteroatoms. The molecule has 0 fully saturated rings. The van der Waals surface area contributed by atoms with E-state index in [0.29, 0.717) is 31.0 Å². The highest BCUT2D eigenvalue weighted by Gasteiger charge is 2.38. The van der Waals surface area contributed by atoms with Crippen molar-refractivity contribution in [1.29, 1.82) is 0 Å². The largest absolute Gasteiger partial charge is 0.356 e. The molecule has 1 aliphatic heterocycles. The van der Waals surface area contributed by atoms with Gasteiger partial charge in [0.25, 0.3) is 5.78 Å². The van der Waals surface area contributed by atoms with Crippen molar-refractivity contribution in [2.75, 3.05) is 6.54 Å². The van der Waals surface area contributed by atoms with E-state index < -0.39 is 0 Å². The maximum atomic E-state index is 12.0.